The van der Waals surface area contributed by atoms with Crippen LogP contribution in [0, 0.1) is 6.92 Å². The van der Waals surface area contributed by atoms with Gasteiger partial charge in [0.15, 0.2) is 0 Å². The molecule has 1 heterocycles. The Morgan fingerprint density at radius 3 is 2.59 bits per heavy atom. The number of aryl methyl sites for hydroxylation is 1. The maximum Gasteiger partial charge on any atom is 0.251 e. The zero-order valence-corrected chi connectivity index (χ0v) is 16.7. The second-order valence-electron chi connectivity index (χ2n) is 6.30. The van der Waals surface area contributed by atoms with Gasteiger partial charge in [-0.3, -0.25) is 4.79 Å². The number of para-hydroxylation sites is 1. The summed E-state index contributed by atoms with van der Waals surface area (Å²) < 4.78 is 38.2. The van der Waals surface area contributed by atoms with Crippen molar-refractivity contribution in [3.63, 3.8) is 0 Å². The minimum absolute atomic E-state index is 0.0142. The molecule has 1 aromatic heterocycles. The molecule has 0 aliphatic rings. The van der Waals surface area contributed by atoms with Gasteiger partial charge in [-0.25, -0.2) is 13.1 Å². The zero-order valence-electron chi connectivity index (χ0n) is 15.9. The summed E-state index contributed by atoms with van der Waals surface area (Å²) in [5.74, 6) is 0.855. The van der Waals surface area contributed by atoms with Crippen LogP contribution in [0.25, 0.3) is 0 Å². The quantitative estimate of drug-likeness (QED) is 0.525. The van der Waals surface area contributed by atoms with Gasteiger partial charge in [-0.15, -0.1) is 0 Å². The zero-order chi connectivity index (χ0) is 20.7. The third-order valence-corrected chi connectivity index (χ3v) is 5.58. The van der Waals surface area contributed by atoms with Crippen LogP contribution in [0.1, 0.15) is 21.7 Å². The summed E-state index contributed by atoms with van der Waals surface area (Å²) in [5, 5.41) is 2.75. The Morgan fingerprint density at radius 1 is 1.07 bits per heavy atom. The molecule has 0 fully saturated rings. The number of carbonyl (C=O) groups excluding carboxylic acids is 1. The molecule has 0 unspecified atom stereocenters. The molecule has 8 heteroatoms. The normalized spacial score (nSPS) is 11.2. The molecule has 2 N–H and O–H groups in total. The van der Waals surface area contributed by atoms with Crippen LogP contribution in [-0.2, 0) is 16.6 Å². The molecule has 7 nitrogen and oxygen atoms in total. The van der Waals surface area contributed by atoms with E-state index in [0.29, 0.717) is 35.8 Å². The topological polar surface area (TPSA) is 97.6 Å². The maximum atomic E-state index is 12.5. The van der Waals surface area contributed by atoms with Crippen molar-refractivity contribution in [1.82, 2.24) is 10.0 Å². The summed E-state index contributed by atoms with van der Waals surface area (Å²) >= 11 is 0. The van der Waals surface area contributed by atoms with E-state index in [9.17, 15) is 13.2 Å². The van der Waals surface area contributed by atoms with Crippen molar-refractivity contribution in [1.29, 1.82) is 0 Å². The molecule has 0 aliphatic carbocycles. The van der Waals surface area contributed by atoms with Crippen LogP contribution < -0.4 is 14.8 Å². The summed E-state index contributed by atoms with van der Waals surface area (Å²) in [6.45, 7) is 2.38. The highest BCUT2D eigenvalue weighted by atomic mass is 32.2. The molecule has 0 atom stereocenters. The minimum atomic E-state index is -3.79. The van der Waals surface area contributed by atoms with Crippen LogP contribution in [0.15, 0.2) is 76.2 Å². The highest BCUT2D eigenvalue weighted by Gasteiger charge is 2.18. The van der Waals surface area contributed by atoms with E-state index in [0.717, 1.165) is 0 Å². The third-order valence-electron chi connectivity index (χ3n) is 4.18. The first-order chi connectivity index (χ1) is 14.0. The van der Waals surface area contributed by atoms with Gasteiger partial charge in [-0.1, -0.05) is 24.3 Å². The summed E-state index contributed by atoms with van der Waals surface area (Å²) in [4.78, 5) is 12.5. The largest absolute Gasteiger partial charge is 0.492 e. The van der Waals surface area contributed by atoms with Crippen LogP contribution in [0.3, 0.4) is 0 Å². The van der Waals surface area contributed by atoms with Gasteiger partial charge in [0.05, 0.1) is 24.2 Å². The molecular formula is C21H22N2O5S. The van der Waals surface area contributed by atoms with Crippen molar-refractivity contribution in [2.24, 2.45) is 0 Å². The first-order valence-corrected chi connectivity index (χ1v) is 10.5. The first kappa shape index (κ1) is 20.6. The molecule has 0 bridgehead atoms. The summed E-state index contributed by atoms with van der Waals surface area (Å²) in [6, 6.07) is 17.1. The van der Waals surface area contributed by atoms with E-state index in [-0.39, 0.29) is 17.3 Å². The van der Waals surface area contributed by atoms with E-state index >= 15 is 0 Å². The van der Waals surface area contributed by atoms with Crippen LogP contribution in [-0.4, -0.2) is 27.5 Å². The van der Waals surface area contributed by atoms with Crippen LogP contribution in [0.2, 0.25) is 0 Å². The van der Waals surface area contributed by atoms with Gasteiger partial charge >= 0.3 is 0 Å². The van der Waals surface area contributed by atoms with Gasteiger partial charge in [0.2, 0.25) is 10.0 Å². The second kappa shape index (κ2) is 9.40. The fourth-order valence-electron chi connectivity index (χ4n) is 2.62. The van der Waals surface area contributed by atoms with E-state index in [1.54, 1.807) is 25.1 Å². The first-order valence-electron chi connectivity index (χ1n) is 9.04. The molecule has 29 heavy (non-hydrogen) atoms. The van der Waals surface area contributed by atoms with Gasteiger partial charge in [-0.05, 0) is 48.9 Å². The molecule has 152 valence electrons. The third kappa shape index (κ3) is 5.69. The number of sulfonamides is 1. The van der Waals surface area contributed by atoms with Crippen LogP contribution >= 0.6 is 0 Å². The fourth-order valence-corrected chi connectivity index (χ4v) is 3.64. The molecule has 3 aromatic rings. The molecule has 0 saturated heterocycles. The van der Waals surface area contributed by atoms with Crippen LogP contribution in [0.5, 0.6) is 5.75 Å². The highest BCUT2D eigenvalue weighted by Crippen LogP contribution is 2.16. The number of nitrogens with one attached hydrogen (secondary N) is 2. The van der Waals surface area contributed by atoms with Crippen molar-refractivity contribution < 1.29 is 22.4 Å². The van der Waals surface area contributed by atoms with E-state index in [2.05, 4.69) is 10.0 Å². The highest BCUT2D eigenvalue weighted by molar-refractivity contribution is 7.89. The number of ether oxygens (including phenoxy) is 1. The lowest BCUT2D eigenvalue weighted by Crippen LogP contribution is -2.29. The van der Waals surface area contributed by atoms with E-state index in [4.69, 9.17) is 9.15 Å². The lowest BCUT2D eigenvalue weighted by Gasteiger charge is -2.11. The molecule has 0 aliphatic heterocycles. The SMILES string of the molecule is Cc1ccc(S(=O)(=O)NCc2ccco2)cc1C(=O)NCCOc1ccccc1. The van der Waals surface area contributed by atoms with Gasteiger partial charge < -0.3 is 14.5 Å². The van der Waals surface area contributed by atoms with Crippen LogP contribution in [0.4, 0.5) is 0 Å². The Kier molecular flexibility index (Phi) is 6.69. The lowest BCUT2D eigenvalue weighted by atomic mass is 10.1. The Bertz CT molecular complexity index is 1050. The van der Waals surface area contributed by atoms with Crippen molar-refractivity contribution in [2.45, 2.75) is 18.4 Å². The Balaban J connectivity index is 1.60. The van der Waals surface area contributed by atoms with Crippen molar-refractivity contribution >= 4 is 15.9 Å². The number of hydrogen-bond donors (Lipinski definition) is 2. The van der Waals surface area contributed by atoms with E-state index in [1.165, 1.54) is 18.4 Å². The summed E-state index contributed by atoms with van der Waals surface area (Å²) in [6.07, 6.45) is 1.47. The molecule has 0 radical (unpaired) electrons. The number of rotatable bonds is 9. The average molecular weight is 414 g/mol. The number of benzene rings is 2. The maximum absolute atomic E-state index is 12.5. The number of furan rings is 1. The van der Waals surface area contributed by atoms with E-state index < -0.39 is 10.0 Å². The van der Waals surface area contributed by atoms with Gasteiger partial charge in [-0.2, -0.15) is 0 Å². The Morgan fingerprint density at radius 2 is 1.86 bits per heavy atom. The molecule has 1 amide bonds. The van der Waals surface area contributed by atoms with Crippen molar-refractivity contribution in [3.05, 3.63) is 83.8 Å². The average Bonchev–Trinajstić information content (AvgIpc) is 3.24. The Hall–Kier alpha value is -3.10. The van der Waals surface area contributed by atoms with E-state index in [1.807, 2.05) is 30.3 Å². The van der Waals surface area contributed by atoms with Gasteiger partial charge in [0.1, 0.15) is 18.1 Å². The molecule has 0 spiro atoms. The fraction of sp³-hybridized carbons (Fsp3) is 0.190. The lowest BCUT2D eigenvalue weighted by molar-refractivity contribution is 0.0946. The molecule has 2 aromatic carbocycles. The van der Waals surface area contributed by atoms with Crippen molar-refractivity contribution in [3.8, 4) is 5.75 Å². The predicted molar refractivity (Wildman–Crippen MR) is 108 cm³/mol. The number of amides is 1. The predicted octanol–water partition coefficient (Wildman–Crippen LogP) is 2.88. The van der Waals surface area contributed by atoms with Crippen molar-refractivity contribution in [2.75, 3.05) is 13.2 Å². The Labute approximate surface area is 169 Å². The summed E-state index contributed by atoms with van der Waals surface area (Å²) in [5.41, 5.74) is 0.974. The number of hydrogen-bond acceptors (Lipinski definition) is 5. The monoisotopic (exact) mass is 414 g/mol. The molecular weight excluding hydrogens is 392 g/mol. The van der Waals surface area contributed by atoms with Gasteiger partial charge in [0.25, 0.3) is 5.91 Å². The minimum Gasteiger partial charge on any atom is -0.492 e. The molecule has 0 saturated carbocycles. The standard InChI is InChI=1S/C21H22N2O5S/c1-16-9-10-19(29(25,26)23-15-18-8-5-12-27-18)14-20(16)21(24)22-11-13-28-17-6-3-2-4-7-17/h2-10,12,14,23H,11,13,15H2,1H3,(H,22,24). The van der Waals surface area contributed by atoms with Gasteiger partial charge in [0, 0.05) is 5.56 Å². The number of carbonyl (C=O) groups is 1. The second-order valence-corrected chi connectivity index (χ2v) is 8.07. The smallest absolute Gasteiger partial charge is 0.251 e. The molecule has 3 rings (SSSR count). The summed E-state index contributed by atoms with van der Waals surface area (Å²) in [7, 11) is -3.79.